The van der Waals surface area contributed by atoms with Crippen molar-refractivity contribution in [2.75, 3.05) is 5.32 Å². The minimum absolute atomic E-state index is 0.0873. The Labute approximate surface area is 91.4 Å². The second-order valence-corrected chi connectivity index (χ2v) is 2.99. The van der Waals surface area contributed by atoms with Gasteiger partial charge in [-0.1, -0.05) is 6.92 Å². The van der Waals surface area contributed by atoms with E-state index in [1.54, 1.807) is 6.07 Å². The molecule has 1 amide bonds. The fraction of sp³-hybridized carbons (Fsp3) is 0.222. The summed E-state index contributed by atoms with van der Waals surface area (Å²) in [5, 5.41) is 8.93. The molecule has 0 unspecified atom stereocenters. The van der Waals surface area contributed by atoms with E-state index in [4.69, 9.17) is 0 Å². The predicted octanol–water partition coefficient (Wildman–Crippen LogP) is 0.409. The van der Waals surface area contributed by atoms with E-state index < -0.39 is 5.91 Å². The quantitative estimate of drug-likeness (QED) is 0.777. The van der Waals surface area contributed by atoms with E-state index in [1.807, 2.05) is 6.92 Å². The van der Waals surface area contributed by atoms with Crippen LogP contribution in [0.1, 0.15) is 23.4 Å². The highest BCUT2D eigenvalue weighted by atomic mass is 16.2. The fourth-order valence-corrected chi connectivity index (χ4v) is 1.08. The first-order valence-electron chi connectivity index (χ1n) is 4.79. The molecular formula is C9H10N6O. The van der Waals surface area contributed by atoms with E-state index in [9.17, 15) is 4.79 Å². The van der Waals surface area contributed by atoms with Gasteiger partial charge in [-0.05, 0) is 6.07 Å². The molecule has 2 aromatic heterocycles. The molecule has 0 atom stereocenters. The standard InChI is InChI=1S/C9H10N6O/c1-2-6-12-7(15-14-6)8(16)13-9-10-4-3-5-11-9/h3-5H,2H2,1H3,(H,12,14,15)(H,10,11,13,16). The maximum Gasteiger partial charge on any atom is 0.297 e. The van der Waals surface area contributed by atoms with Gasteiger partial charge in [0, 0.05) is 18.8 Å². The fourth-order valence-electron chi connectivity index (χ4n) is 1.08. The van der Waals surface area contributed by atoms with Gasteiger partial charge < -0.3 is 0 Å². The number of rotatable bonds is 3. The molecule has 2 aromatic rings. The van der Waals surface area contributed by atoms with Gasteiger partial charge in [-0.15, -0.1) is 5.10 Å². The minimum atomic E-state index is -0.429. The van der Waals surface area contributed by atoms with E-state index in [0.717, 1.165) is 0 Å². The van der Waals surface area contributed by atoms with Crippen molar-refractivity contribution in [3.8, 4) is 0 Å². The Balaban J connectivity index is 2.09. The van der Waals surface area contributed by atoms with Crippen LogP contribution in [0.25, 0.3) is 0 Å². The van der Waals surface area contributed by atoms with Crippen molar-refractivity contribution in [2.45, 2.75) is 13.3 Å². The molecule has 82 valence electrons. The third-order valence-corrected chi connectivity index (χ3v) is 1.86. The topological polar surface area (TPSA) is 96.5 Å². The zero-order valence-electron chi connectivity index (χ0n) is 8.64. The molecule has 16 heavy (non-hydrogen) atoms. The Morgan fingerprint density at radius 1 is 1.44 bits per heavy atom. The molecule has 0 aromatic carbocycles. The zero-order chi connectivity index (χ0) is 11.4. The van der Waals surface area contributed by atoms with Crippen molar-refractivity contribution in [1.29, 1.82) is 0 Å². The van der Waals surface area contributed by atoms with E-state index in [1.165, 1.54) is 12.4 Å². The third-order valence-electron chi connectivity index (χ3n) is 1.86. The minimum Gasteiger partial charge on any atom is -0.288 e. The number of aryl methyl sites for hydroxylation is 1. The summed E-state index contributed by atoms with van der Waals surface area (Å²) in [6.45, 7) is 1.92. The predicted molar refractivity (Wildman–Crippen MR) is 55.7 cm³/mol. The largest absolute Gasteiger partial charge is 0.297 e. The number of amides is 1. The highest BCUT2D eigenvalue weighted by molar-refractivity contribution is 6.00. The molecule has 0 fully saturated rings. The maximum absolute atomic E-state index is 11.6. The second-order valence-electron chi connectivity index (χ2n) is 2.99. The van der Waals surface area contributed by atoms with Crippen LogP contribution in [0.5, 0.6) is 0 Å². The van der Waals surface area contributed by atoms with E-state index in [0.29, 0.717) is 12.2 Å². The van der Waals surface area contributed by atoms with Crippen LogP contribution in [0.2, 0.25) is 0 Å². The highest BCUT2D eigenvalue weighted by Gasteiger charge is 2.12. The molecule has 2 N–H and O–H groups in total. The third kappa shape index (κ3) is 2.19. The van der Waals surface area contributed by atoms with Gasteiger partial charge in [0.2, 0.25) is 11.8 Å². The van der Waals surface area contributed by atoms with Crippen molar-refractivity contribution in [1.82, 2.24) is 25.1 Å². The molecule has 2 heterocycles. The summed E-state index contributed by atoms with van der Waals surface area (Å²) >= 11 is 0. The van der Waals surface area contributed by atoms with Crippen molar-refractivity contribution in [2.24, 2.45) is 0 Å². The summed E-state index contributed by atoms with van der Waals surface area (Å²) in [6, 6.07) is 1.66. The summed E-state index contributed by atoms with van der Waals surface area (Å²) in [4.78, 5) is 23.3. The first-order valence-corrected chi connectivity index (χ1v) is 4.79. The molecular weight excluding hydrogens is 208 g/mol. The number of hydrogen-bond acceptors (Lipinski definition) is 5. The molecule has 0 aliphatic rings. The first-order chi connectivity index (χ1) is 7.79. The maximum atomic E-state index is 11.6. The number of hydrogen-bond donors (Lipinski definition) is 2. The van der Waals surface area contributed by atoms with Crippen LogP contribution in [-0.2, 0) is 6.42 Å². The second kappa shape index (κ2) is 4.47. The molecule has 7 heteroatoms. The van der Waals surface area contributed by atoms with Gasteiger partial charge in [-0.2, -0.15) is 0 Å². The first kappa shape index (κ1) is 10.2. The van der Waals surface area contributed by atoms with Crippen LogP contribution in [-0.4, -0.2) is 31.1 Å². The van der Waals surface area contributed by atoms with Crippen LogP contribution < -0.4 is 5.32 Å². The van der Waals surface area contributed by atoms with Crippen molar-refractivity contribution in [3.05, 3.63) is 30.1 Å². The summed E-state index contributed by atoms with van der Waals surface area (Å²) in [6.07, 6.45) is 3.78. The zero-order valence-corrected chi connectivity index (χ0v) is 8.64. The van der Waals surface area contributed by atoms with E-state index >= 15 is 0 Å². The lowest BCUT2D eigenvalue weighted by molar-refractivity contribution is 0.101. The van der Waals surface area contributed by atoms with Crippen molar-refractivity contribution >= 4 is 11.9 Å². The summed E-state index contributed by atoms with van der Waals surface area (Å²) < 4.78 is 0. The number of nitrogens with zero attached hydrogens (tertiary/aromatic N) is 4. The molecule has 0 radical (unpaired) electrons. The number of aromatic nitrogens is 5. The Morgan fingerprint density at radius 3 is 2.81 bits per heavy atom. The smallest absolute Gasteiger partial charge is 0.288 e. The molecule has 2 rings (SSSR count). The van der Waals surface area contributed by atoms with Gasteiger partial charge in [0.1, 0.15) is 5.82 Å². The van der Waals surface area contributed by atoms with Crippen LogP contribution in [0.15, 0.2) is 18.5 Å². The van der Waals surface area contributed by atoms with Gasteiger partial charge in [-0.25, -0.2) is 15.0 Å². The van der Waals surface area contributed by atoms with Gasteiger partial charge in [0.05, 0.1) is 0 Å². The lowest BCUT2D eigenvalue weighted by Crippen LogP contribution is -2.15. The summed E-state index contributed by atoms with van der Waals surface area (Å²) in [7, 11) is 0. The summed E-state index contributed by atoms with van der Waals surface area (Å²) in [5.41, 5.74) is 0. The Bertz CT molecular complexity index is 480. The molecule has 0 saturated heterocycles. The van der Waals surface area contributed by atoms with Gasteiger partial charge in [0.15, 0.2) is 0 Å². The number of H-pyrrole nitrogens is 1. The Hall–Kier alpha value is -2.31. The number of carbonyl (C=O) groups excluding carboxylic acids is 1. The molecule has 0 aliphatic heterocycles. The molecule has 0 saturated carbocycles. The monoisotopic (exact) mass is 218 g/mol. The van der Waals surface area contributed by atoms with Crippen LogP contribution in [0, 0.1) is 0 Å². The lowest BCUT2D eigenvalue weighted by Gasteiger charge is -1.98. The van der Waals surface area contributed by atoms with Crippen molar-refractivity contribution < 1.29 is 4.79 Å². The molecule has 0 spiro atoms. The summed E-state index contributed by atoms with van der Waals surface area (Å²) in [5.74, 6) is 0.556. The number of carbonyl (C=O) groups is 1. The van der Waals surface area contributed by atoms with Crippen molar-refractivity contribution in [3.63, 3.8) is 0 Å². The van der Waals surface area contributed by atoms with Crippen LogP contribution in [0.3, 0.4) is 0 Å². The average Bonchev–Trinajstić information content (AvgIpc) is 2.79. The SMILES string of the molecule is CCc1nc(C(=O)Nc2ncccn2)n[nH]1. The average molecular weight is 218 g/mol. The number of anilines is 1. The molecule has 0 bridgehead atoms. The Morgan fingerprint density at radius 2 is 2.19 bits per heavy atom. The Kier molecular flexibility index (Phi) is 2.86. The van der Waals surface area contributed by atoms with E-state index in [-0.39, 0.29) is 11.8 Å². The number of aromatic amines is 1. The van der Waals surface area contributed by atoms with Crippen LogP contribution >= 0.6 is 0 Å². The van der Waals surface area contributed by atoms with Gasteiger partial charge in [0.25, 0.3) is 5.91 Å². The molecule has 7 nitrogen and oxygen atoms in total. The van der Waals surface area contributed by atoms with Gasteiger partial charge in [-0.3, -0.25) is 15.2 Å². The van der Waals surface area contributed by atoms with Gasteiger partial charge >= 0.3 is 0 Å². The van der Waals surface area contributed by atoms with Crippen LogP contribution in [0.4, 0.5) is 5.95 Å². The molecule has 0 aliphatic carbocycles. The highest BCUT2D eigenvalue weighted by Crippen LogP contribution is 1.99. The van der Waals surface area contributed by atoms with E-state index in [2.05, 4.69) is 30.5 Å². The number of nitrogens with one attached hydrogen (secondary N) is 2. The lowest BCUT2D eigenvalue weighted by atomic mass is 10.5. The normalized spacial score (nSPS) is 10.1.